The Kier molecular flexibility index (Phi) is 2.49. The van der Waals surface area contributed by atoms with Gasteiger partial charge in [0.15, 0.2) is 0 Å². The number of benzene rings is 1. The molecular formula is C10H12. The third-order valence-electron chi connectivity index (χ3n) is 1.40. The quantitative estimate of drug-likeness (QED) is 0.580. The van der Waals surface area contributed by atoms with E-state index < -0.39 is 0 Å². The molecule has 0 N–H and O–H groups in total. The molecule has 1 unspecified atom stereocenters. The molecule has 0 aromatic heterocycles. The molecule has 0 aliphatic carbocycles. The largest absolute Gasteiger partial charge is 0.0622 e. The van der Waals surface area contributed by atoms with E-state index in [1.165, 1.54) is 5.56 Å². The van der Waals surface area contributed by atoms with Crippen LogP contribution in [0.2, 0.25) is 0 Å². The van der Waals surface area contributed by atoms with Crippen molar-refractivity contribution in [1.29, 1.82) is 0 Å². The second kappa shape index (κ2) is 3.40. The molecule has 0 bridgehead atoms. The lowest BCUT2D eigenvalue weighted by atomic mass is 10.0. The van der Waals surface area contributed by atoms with E-state index in [-0.39, 0.29) is 5.92 Å². The van der Waals surface area contributed by atoms with Crippen LogP contribution in [-0.4, -0.2) is 0 Å². The molecule has 0 saturated carbocycles. The van der Waals surface area contributed by atoms with Gasteiger partial charge < -0.3 is 0 Å². The number of hydrogen-bond acceptors (Lipinski definition) is 0. The van der Waals surface area contributed by atoms with Crippen molar-refractivity contribution >= 4 is 0 Å². The average molecular weight is 132 g/mol. The lowest BCUT2D eigenvalue weighted by Crippen LogP contribution is -1.92. The Balaban J connectivity index is 2.59. The first kappa shape index (κ1) is 7.33. The molecule has 2 radical (unpaired) electrons. The summed E-state index contributed by atoms with van der Waals surface area (Å²) in [6.07, 6.45) is 0.973. The van der Waals surface area contributed by atoms with Crippen LogP contribution in [0, 0.1) is 12.8 Å². The van der Waals surface area contributed by atoms with Gasteiger partial charge >= 0.3 is 0 Å². The molecule has 0 heteroatoms. The molecule has 1 aromatic rings. The van der Waals surface area contributed by atoms with Gasteiger partial charge in [0.25, 0.3) is 0 Å². The first-order chi connectivity index (χ1) is 4.79. The summed E-state index contributed by atoms with van der Waals surface area (Å²) in [6.45, 7) is 7.65. The van der Waals surface area contributed by atoms with Crippen LogP contribution >= 0.6 is 0 Å². The molecule has 0 nitrogen and oxygen atoms in total. The molecule has 0 fully saturated rings. The molecule has 0 aliphatic rings. The Bertz CT molecular complexity index is 174. The maximum absolute atomic E-state index is 5.62. The van der Waals surface area contributed by atoms with Crippen molar-refractivity contribution in [2.24, 2.45) is 5.92 Å². The molecule has 52 valence electrons. The topological polar surface area (TPSA) is 0 Å². The highest BCUT2D eigenvalue weighted by molar-refractivity contribution is 5.15. The zero-order chi connectivity index (χ0) is 7.40. The van der Waals surface area contributed by atoms with Gasteiger partial charge in [-0.2, -0.15) is 0 Å². The SMILES string of the molecule is [CH]C(C)Cc1ccccc1. The Morgan fingerprint density at radius 1 is 1.30 bits per heavy atom. The Hall–Kier alpha value is -0.780. The van der Waals surface area contributed by atoms with Crippen LogP contribution in [-0.2, 0) is 6.42 Å². The summed E-state index contributed by atoms with van der Waals surface area (Å²) in [4.78, 5) is 0. The van der Waals surface area contributed by atoms with Crippen molar-refractivity contribution in [3.8, 4) is 0 Å². The van der Waals surface area contributed by atoms with E-state index in [0.717, 1.165) is 6.42 Å². The van der Waals surface area contributed by atoms with E-state index in [0.29, 0.717) is 0 Å². The maximum Gasteiger partial charge on any atom is -0.0250 e. The normalized spacial score (nSPS) is 10.3. The zero-order valence-corrected chi connectivity index (χ0v) is 6.25. The second-order valence-corrected chi connectivity index (χ2v) is 2.67. The maximum atomic E-state index is 5.62. The van der Waals surface area contributed by atoms with Crippen LogP contribution in [0.4, 0.5) is 0 Å². The van der Waals surface area contributed by atoms with Crippen molar-refractivity contribution in [2.75, 3.05) is 0 Å². The highest BCUT2D eigenvalue weighted by atomic mass is 14.0. The summed E-state index contributed by atoms with van der Waals surface area (Å²) in [5.74, 6) is 0.266. The van der Waals surface area contributed by atoms with Gasteiger partial charge in [-0.25, -0.2) is 0 Å². The molecule has 0 spiro atoms. The lowest BCUT2D eigenvalue weighted by molar-refractivity contribution is 0.719. The molecule has 1 aromatic carbocycles. The predicted molar refractivity (Wildman–Crippen MR) is 43.6 cm³/mol. The van der Waals surface area contributed by atoms with E-state index in [1.807, 2.05) is 25.1 Å². The van der Waals surface area contributed by atoms with E-state index in [1.54, 1.807) is 0 Å². The van der Waals surface area contributed by atoms with Gasteiger partial charge in [0.05, 0.1) is 0 Å². The Morgan fingerprint density at radius 3 is 2.40 bits per heavy atom. The fraction of sp³-hybridized carbons (Fsp3) is 0.300. The summed E-state index contributed by atoms with van der Waals surface area (Å²) in [5, 5.41) is 0. The minimum atomic E-state index is 0.266. The third kappa shape index (κ3) is 2.22. The minimum Gasteiger partial charge on any atom is -0.0622 e. The summed E-state index contributed by atoms with van der Waals surface area (Å²) < 4.78 is 0. The fourth-order valence-corrected chi connectivity index (χ4v) is 0.986. The van der Waals surface area contributed by atoms with Crippen molar-refractivity contribution in [3.05, 3.63) is 42.8 Å². The molecule has 1 atom stereocenters. The molecule has 1 rings (SSSR count). The highest BCUT2D eigenvalue weighted by Crippen LogP contribution is 2.05. The molecule has 0 saturated heterocycles. The van der Waals surface area contributed by atoms with Crippen molar-refractivity contribution in [3.63, 3.8) is 0 Å². The lowest BCUT2D eigenvalue weighted by Gasteiger charge is -2.02. The van der Waals surface area contributed by atoms with Crippen molar-refractivity contribution in [2.45, 2.75) is 13.3 Å². The van der Waals surface area contributed by atoms with Gasteiger partial charge in [0, 0.05) is 0 Å². The zero-order valence-electron chi connectivity index (χ0n) is 6.25. The average Bonchev–Trinajstić information content (AvgIpc) is 1.88. The second-order valence-electron chi connectivity index (χ2n) is 2.67. The summed E-state index contributed by atoms with van der Waals surface area (Å²) in [7, 11) is 0. The van der Waals surface area contributed by atoms with Gasteiger partial charge in [-0.3, -0.25) is 0 Å². The smallest absolute Gasteiger partial charge is 0.0250 e. The molecular weight excluding hydrogens is 120 g/mol. The standard InChI is InChI=1S/C10H12/c1-9(2)8-10-6-4-3-5-7-10/h1,3-7,9H,8H2,2H3. The van der Waals surface area contributed by atoms with E-state index >= 15 is 0 Å². The summed E-state index contributed by atoms with van der Waals surface area (Å²) in [6, 6.07) is 10.3. The monoisotopic (exact) mass is 132 g/mol. The number of hydrogen-bond donors (Lipinski definition) is 0. The Labute approximate surface area is 62.9 Å². The molecule has 0 heterocycles. The number of rotatable bonds is 2. The van der Waals surface area contributed by atoms with Gasteiger partial charge in [0.2, 0.25) is 0 Å². The van der Waals surface area contributed by atoms with E-state index in [9.17, 15) is 0 Å². The van der Waals surface area contributed by atoms with Gasteiger partial charge in [-0.05, 0) is 24.8 Å². The van der Waals surface area contributed by atoms with Crippen LogP contribution in [0.5, 0.6) is 0 Å². The first-order valence-electron chi connectivity index (χ1n) is 3.58. The minimum absolute atomic E-state index is 0.266. The molecule has 0 amide bonds. The van der Waals surface area contributed by atoms with E-state index in [4.69, 9.17) is 6.92 Å². The van der Waals surface area contributed by atoms with Crippen molar-refractivity contribution in [1.82, 2.24) is 0 Å². The van der Waals surface area contributed by atoms with Crippen LogP contribution in [0.15, 0.2) is 30.3 Å². The third-order valence-corrected chi connectivity index (χ3v) is 1.40. The Morgan fingerprint density at radius 2 is 1.90 bits per heavy atom. The summed E-state index contributed by atoms with van der Waals surface area (Å²) >= 11 is 0. The van der Waals surface area contributed by atoms with Crippen molar-refractivity contribution < 1.29 is 0 Å². The summed E-state index contributed by atoms with van der Waals surface area (Å²) in [5.41, 5.74) is 1.32. The van der Waals surface area contributed by atoms with Gasteiger partial charge in [0.1, 0.15) is 0 Å². The van der Waals surface area contributed by atoms with Gasteiger partial charge in [-0.1, -0.05) is 37.3 Å². The van der Waals surface area contributed by atoms with Gasteiger partial charge in [-0.15, -0.1) is 0 Å². The molecule has 0 aliphatic heterocycles. The fourth-order valence-electron chi connectivity index (χ4n) is 0.986. The highest BCUT2D eigenvalue weighted by Gasteiger charge is 1.94. The predicted octanol–water partition coefficient (Wildman–Crippen LogP) is 2.58. The first-order valence-corrected chi connectivity index (χ1v) is 3.58. The van der Waals surface area contributed by atoms with Crippen LogP contribution in [0.3, 0.4) is 0 Å². The molecule has 10 heavy (non-hydrogen) atoms. The van der Waals surface area contributed by atoms with Crippen LogP contribution in [0.25, 0.3) is 0 Å². The van der Waals surface area contributed by atoms with Crippen LogP contribution in [0.1, 0.15) is 12.5 Å². The van der Waals surface area contributed by atoms with Crippen LogP contribution < -0.4 is 0 Å². The van der Waals surface area contributed by atoms with E-state index in [2.05, 4.69) is 12.1 Å².